The first-order valence-electron chi connectivity index (χ1n) is 7.63. The summed E-state index contributed by atoms with van der Waals surface area (Å²) in [5.41, 5.74) is 1.01. The highest BCUT2D eigenvalue weighted by molar-refractivity contribution is 6.55. The van der Waals surface area contributed by atoms with E-state index in [2.05, 4.69) is 0 Å². The molecule has 1 fully saturated rings. The number of carboxylic acids is 1. The third kappa shape index (κ3) is 3.83. The Morgan fingerprint density at radius 1 is 1.17 bits per heavy atom. The van der Waals surface area contributed by atoms with Crippen molar-refractivity contribution in [2.45, 2.75) is 45.3 Å². The summed E-state index contributed by atoms with van der Waals surface area (Å²) >= 11 is 0. The first kappa shape index (κ1) is 17.7. The number of hydrogen-bond acceptors (Lipinski definition) is 4. The van der Waals surface area contributed by atoms with Gasteiger partial charge in [-0.05, 0) is 44.3 Å². The Labute approximate surface area is 137 Å². The Kier molecular flexibility index (Phi) is 4.99. The molecule has 23 heavy (non-hydrogen) atoms. The second kappa shape index (κ2) is 6.47. The average Bonchev–Trinajstić information content (AvgIpc) is 2.65. The molecule has 2 N–H and O–H groups in total. The summed E-state index contributed by atoms with van der Waals surface area (Å²) < 4.78 is 11.9. The largest absolute Gasteiger partial charge is 0.492 e. The number of aliphatic hydroxyl groups excluding tert-OH is 1. The summed E-state index contributed by atoms with van der Waals surface area (Å²) in [6.07, 6.45) is 1.68. The Balaban J connectivity index is 2.32. The van der Waals surface area contributed by atoms with E-state index >= 15 is 0 Å². The molecule has 0 bridgehead atoms. The first-order valence-corrected chi connectivity index (χ1v) is 7.63. The van der Waals surface area contributed by atoms with Crippen molar-refractivity contribution in [2.75, 3.05) is 6.61 Å². The van der Waals surface area contributed by atoms with Crippen LogP contribution in [0.15, 0.2) is 29.7 Å². The predicted molar refractivity (Wildman–Crippen MR) is 88.9 cm³/mol. The molecular weight excluding hydrogens is 295 g/mol. The topological polar surface area (TPSA) is 76.0 Å². The molecule has 5 nitrogen and oxygen atoms in total. The number of carboxylic acid groups (broad SMARTS) is 1. The zero-order valence-electron chi connectivity index (χ0n) is 14.0. The third-order valence-corrected chi connectivity index (χ3v) is 4.48. The molecule has 0 unspecified atom stereocenters. The normalized spacial score (nSPS) is 19.9. The molecule has 2 rings (SSSR count). The van der Waals surface area contributed by atoms with Gasteiger partial charge in [0.05, 0.1) is 24.2 Å². The van der Waals surface area contributed by atoms with Gasteiger partial charge < -0.3 is 19.5 Å². The molecule has 0 aromatic heterocycles. The maximum absolute atomic E-state index is 11.0. The molecule has 1 aromatic carbocycles. The van der Waals surface area contributed by atoms with Crippen LogP contribution in [0.5, 0.6) is 0 Å². The van der Waals surface area contributed by atoms with Crippen LogP contribution < -0.4 is 0 Å². The van der Waals surface area contributed by atoms with E-state index in [1.165, 1.54) is 0 Å². The van der Waals surface area contributed by atoms with Crippen LogP contribution in [0.2, 0.25) is 0 Å². The number of carbonyl (C=O) groups is 1. The standard InChI is InChI=1S/C17H23BO5/c1-16(2)17(3,4)23-18(22-16)14(11-19)9-12-7-5-6-8-13(12)10-15(20)21/h5-9,19H,10-11H2,1-4H3,(H,20,21). The molecule has 1 heterocycles. The Morgan fingerprint density at radius 2 is 1.74 bits per heavy atom. The summed E-state index contributed by atoms with van der Waals surface area (Å²) in [5.74, 6) is -0.896. The number of hydrogen-bond donors (Lipinski definition) is 2. The van der Waals surface area contributed by atoms with Gasteiger partial charge in [-0.2, -0.15) is 0 Å². The monoisotopic (exact) mass is 318 g/mol. The second-order valence-corrected chi connectivity index (χ2v) is 6.73. The fourth-order valence-corrected chi connectivity index (χ4v) is 2.38. The van der Waals surface area contributed by atoms with E-state index < -0.39 is 24.3 Å². The zero-order valence-corrected chi connectivity index (χ0v) is 14.0. The van der Waals surface area contributed by atoms with Crippen LogP contribution in [0.25, 0.3) is 6.08 Å². The Hall–Kier alpha value is -1.63. The molecule has 124 valence electrons. The predicted octanol–water partition coefficient (Wildman–Crippen LogP) is 2.32. The molecule has 1 aliphatic heterocycles. The van der Waals surface area contributed by atoms with Gasteiger partial charge in [0.2, 0.25) is 0 Å². The summed E-state index contributed by atoms with van der Waals surface area (Å²) in [4.78, 5) is 11.0. The van der Waals surface area contributed by atoms with Crippen LogP contribution in [-0.4, -0.2) is 41.1 Å². The van der Waals surface area contributed by atoms with Crippen LogP contribution in [0.3, 0.4) is 0 Å². The summed E-state index contributed by atoms with van der Waals surface area (Å²) in [6.45, 7) is 7.56. The lowest BCUT2D eigenvalue weighted by Crippen LogP contribution is -2.41. The van der Waals surface area contributed by atoms with Crippen LogP contribution >= 0.6 is 0 Å². The highest BCUT2D eigenvalue weighted by atomic mass is 16.7. The molecule has 0 aliphatic carbocycles. The minimum absolute atomic E-state index is 0.0747. The van der Waals surface area contributed by atoms with E-state index in [1.54, 1.807) is 18.2 Å². The van der Waals surface area contributed by atoms with Crippen LogP contribution in [0, 0.1) is 0 Å². The molecular formula is C17H23BO5. The summed E-state index contributed by atoms with van der Waals surface area (Å²) in [6, 6.07) is 7.21. The molecule has 6 heteroatoms. The molecule has 0 amide bonds. The minimum atomic E-state index is -0.896. The second-order valence-electron chi connectivity index (χ2n) is 6.73. The molecule has 0 spiro atoms. The first-order chi connectivity index (χ1) is 10.7. The van der Waals surface area contributed by atoms with Crippen molar-refractivity contribution in [2.24, 2.45) is 0 Å². The number of aliphatic carboxylic acids is 1. The zero-order chi connectivity index (χ0) is 17.3. The van der Waals surface area contributed by atoms with Gasteiger partial charge >= 0.3 is 13.1 Å². The molecule has 0 atom stereocenters. The minimum Gasteiger partial charge on any atom is -0.481 e. The molecule has 0 radical (unpaired) electrons. The van der Waals surface area contributed by atoms with Crippen molar-refractivity contribution in [3.8, 4) is 0 Å². The lowest BCUT2D eigenvalue weighted by Gasteiger charge is -2.32. The van der Waals surface area contributed by atoms with E-state index in [9.17, 15) is 9.90 Å². The smallest absolute Gasteiger partial charge is 0.481 e. The van der Waals surface area contributed by atoms with Crippen LogP contribution in [0.1, 0.15) is 38.8 Å². The van der Waals surface area contributed by atoms with E-state index in [4.69, 9.17) is 14.4 Å². The Morgan fingerprint density at radius 3 is 2.26 bits per heavy atom. The maximum Gasteiger partial charge on any atom is 0.492 e. The average molecular weight is 318 g/mol. The van der Waals surface area contributed by atoms with Crippen molar-refractivity contribution in [3.05, 3.63) is 40.9 Å². The highest BCUT2D eigenvalue weighted by Gasteiger charge is 2.52. The third-order valence-electron chi connectivity index (χ3n) is 4.48. The van der Waals surface area contributed by atoms with Crippen LogP contribution in [0.4, 0.5) is 0 Å². The van der Waals surface area contributed by atoms with Gasteiger partial charge in [0.25, 0.3) is 0 Å². The van der Waals surface area contributed by atoms with E-state index in [0.717, 1.165) is 5.56 Å². The van der Waals surface area contributed by atoms with Crippen molar-refractivity contribution < 1.29 is 24.3 Å². The van der Waals surface area contributed by atoms with Gasteiger partial charge in [0, 0.05) is 0 Å². The van der Waals surface area contributed by atoms with Gasteiger partial charge in [-0.15, -0.1) is 0 Å². The molecule has 1 aliphatic rings. The SMILES string of the molecule is CC1(C)OB(C(=Cc2ccccc2CC(=O)O)CO)OC1(C)C. The quantitative estimate of drug-likeness (QED) is 0.815. The van der Waals surface area contributed by atoms with Crippen LogP contribution in [-0.2, 0) is 20.5 Å². The number of rotatable bonds is 5. The fraction of sp³-hybridized carbons (Fsp3) is 0.471. The Bertz CT molecular complexity index is 605. The number of aliphatic hydroxyl groups is 1. The number of benzene rings is 1. The van der Waals surface area contributed by atoms with Crippen molar-refractivity contribution in [3.63, 3.8) is 0 Å². The van der Waals surface area contributed by atoms with E-state index in [1.807, 2.05) is 39.8 Å². The summed E-state index contributed by atoms with van der Waals surface area (Å²) in [7, 11) is -0.650. The fourth-order valence-electron chi connectivity index (χ4n) is 2.38. The van der Waals surface area contributed by atoms with Gasteiger partial charge in [-0.1, -0.05) is 30.3 Å². The lowest BCUT2D eigenvalue weighted by atomic mass is 9.77. The molecule has 0 saturated carbocycles. The molecule has 1 saturated heterocycles. The van der Waals surface area contributed by atoms with E-state index in [-0.39, 0.29) is 13.0 Å². The van der Waals surface area contributed by atoms with Crippen molar-refractivity contribution in [1.29, 1.82) is 0 Å². The molecule has 1 aromatic rings. The van der Waals surface area contributed by atoms with Gasteiger partial charge in [-0.3, -0.25) is 4.79 Å². The lowest BCUT2D eigenvalue weighted by molar-refractivity contribution is -0.136. The highest BCUT2D eigenvalue weighted by Crippen LogP contribution is 2.38. The van der Waals surface area contributed by atoms with Gasteiger partial charge in [0.15, 0.2) is 0 Å². The van der Waals surface area contributed by atoms with E-state index in [0.29, 0.717) is 11.0 Å². The maximum atomic E-state index is 11.0. The van der Waals surface area contributed by atoms with Crippen molar-refractivity contribution in [1.82, 2.24) is 0 Å². The van der Waals surface area contributed by atoms with Crippen molar-refractivity contribution >= 4 is 19.2 Å². The van der Waals surface area contributed by atoms with Gasteiger partial charge in [0.1, 0.15) is 0 Å². The van der Waals surface area contributed by atoms with Gasteiger partial charge in [-0.25, -0.2) is 0 Å². The summed E-state index contributed by atoms with van der Waals surface area (Å²) in [5, 5.41) is 18.7.